The fourth-order valence-corrected chi connectivity index (χ4v) is 9.21. The van der Waals surface area contributed by atoms with E-state index in [-0.39, 0.29) is 11.5 Å². The average molecular weight is 445 g/mol. The maximum Gasteiger partial charge on any atom is 0.129 e. The molecule has 32 heavy (non-hydrogen) atoms. The second kappa shape index (κ2) is 8.86. The number of hydrogen-bond donors (Lipinski definition) is 2. The Morgan fingerprint density at radius 2 is 1.88 bits per heavy atom. The van der Waals surface area contributed by atoms with Gasteiger partial charge in [-0.25, -0.2) is 4.89 Å². The lowest BCUT2D eigenvalue weighted by atomic mass is 9.45. The number of rotatable bonds is 7. The predicted molar refractivity (Wildman–Crippen MR) is 131 cm³/mol. The first-order valence-electron chi connectivity index (χ1n) is 13.5. The number of aliphatic hydroxyl groups excluding tert-OH is 1. The molecule has 4 rings (SSSR count). The first-order chi connectivity index (χ1) is 15.1. The Bertz CT molecular complexity index is 730. The van der Waals surface area contributed by atoms with Crippen molar-refractivity contribution in [3.05, 3.63) is 24.3 Å². The molecule has 3 nitrogen and oxygen atoms in total. The SMILES string of the molecule is C=C(C)[C@@H](CC)CC[C@@H](C)[C@H]1CC[C@H]2[C@@H]3C=C[C@@]4(OO)C[C@@H](O)CC[C@]4(C)[C@H]3CC[C@]12C. The fraction of sp³-hybridized carbons (Fsp3) is 0.862. The van der Waals surface area contributed by atoms with Gasteiger partial charge >= 0.3 is 0 Å². The topological polar surface area (TPSA) is 49.7 Å². The van der Waals surface area contributed by atoms with E-state index in [1.165, 1.54) is 50.5 Å². The number of hydrogen-bond acceptors (Lipinski definition) is 3. The zero-order valence-corrected chi connectivity index (χ0v) is 21.3. The van der Waals surface area contributed by atoms with Crippen molar-refractivity contribution < 1.29 is 15.3 Å². The van der Waals surface area contributed by atoms with Crippen LogP contribution in [0.3, 0.4) is 0 Å². The summed E-state index contributed by atoms with van der Waals surface area (Å²) in [4.78, 5) is 5.23. The van der Waals surface area contributed by atoms with Crippen molar-refractivity contribution in [3.63, 3.8) is 0 Å². The fourth-order valence-electron chi connectivity index (χ4n) is 9.21. The van der Waals surface area contributed by atoms with Crippen LogP contribution < -0.4 is 0 Å². The molecule has 4 aliphatic rings. The highest BCUT2D eigenvalue weighted by atomic mass is 17.1. The zero-order chi connectivity index (χ0) is 23.3. The van der Waals surface area contributed by atoms with Crippen molar-refractivity contribution in [1.29, 1.82) is 0 Å². The van der Waals surface area contributed by atoms with Gasteiger partial charge in [0.05, 0.1) is 6.10 Å². The van der Waals surface area contributed by atoms with E-state index in [1.807, 2.05) is 0 Å². The van der Waals surface area contributed by atoms with Crippen LogP contribution in [0.4, 0.5) is 0 Å². The van der Waals surface area contributed by atoms with Gasteiger partial charge in [-0.2, -0.15) is 0 Å². The second-order valence-electron chi connectivity index (χ2n) is 12.7. The molecule has 3 heteroatoms. The van der Waals surface area contributed by atoms with Crippen molar-refractivity contribution in [1.82, 2.24) is 0 Å². The smallest absolute Gasteiger partial charge is 0.129 e. The van der Waals surface area contributed by atoms with Gasteiger partial charge in [-0.3, -0.25) is 5.26 Å². The highest BCUT2D eigenvalue weighted by Crippen LogP contribution is 2.68. The highest BCUT2D eigenvalue weighted by Gasteiger charge is 2.64. The summed E-state index contributed by atoms with van der Waals surface area (Å²) >= 11 is 0. The van der Waals surface area contributed by atoms with Crippen LogP contribution in [0.25, 0.3) is 0 Å². The molecule has 0 bridgehead atoms. The summed E-state index contributed by atoms with van der Waals surface area (Å²) in [6.07, 6.45) is 15.4. The molecular formula is C29H48O3. The van der Waals surface area contributed by atoms with Crippen LogP contribution >= 0.6 is 0 Å². The molecule has 0 aromatic rings. The van der Waals surface area contributed by atoms with E-state index in [0.717, 1.165) is 30.6 Å². The molecule has 4 aliphatic carbocycles. The molecule has 0 radical (unpaired) electrons. The van der Waals surface area contributed by atoms with E-state index in [9.17, 15) is 10.4 Å². The van der Waals surface area contributed by atoms with Crippen molar-refractivity contribution in [3.8, 4) is 0 Å². The third-order valence-electron chi connectivity index (χ3n) is 11.3. The minimum absolute atomic E-state index is 0.0960. The van der Waals surface area contributed by atoms with Crippen LogP contribution in [-0.4, -0.2) is 22.1 Å². The Morgan fingerprint density at radius 1 is 1.12 bits per heavy atom. The molecule has 0 heterocycles. The lowest BCUT2D eigenvalue weighted by Crippen LogP contribution is -2.61. The summed E-state index contributed by atoms with van der Waals surface area (Å²) in [5.41, 5.74) is 0.952. The monoisotopic (exact) mass is 444 g/mol. The summed E-state index contributed by atoms with van der Waals surface area (Å²) in [5, 5.41) is 20.4. The van der Waals surface area contributed by atoms with Gasteiger partial charge in [0.1, 0.15) is 5.60 Å². The molecule has 10 atom stereocenters. The second-order valence-corrected chi connectivity index (χ2v) is 12.7. The molecule has 0 aliphatic heterocycles. The minimum atomic E-state index is -0.720. The van der Waals surface area contributed by atoms with Crippen LogP contribution in [0.1, 0.15) is 98.8 Å². The molecule has 2 N–H and O–H groups in total. The van der Waals surface area contributed by atoms with E-state index in [1.54, 1.807) is 0 Å². The average Bonchev–Trinajstić information content (AvgIpc) is 3.11. The van der Waals surface area contributed by atoms with Crippen LogP contribution in [0, 0.1) is 46.3 Å². The lowest BCUT2D eigenvalue weighted by Gasteiger charge is -2.62. The maximum absolute atomic E-state index is 10.4. The third kappa shape index (κ3) is 3.66. The van der Waals surface area contributed by atoms with E-state index in [4.69, 9.17) is 4.89 Å². The van der Waals surface area contributed by atoms with Gasteiger partial charge < -0.3 is 5.11 Å². The first-order valence-corrected chi connectivity index (χ1v) is 13.5. The van der Waals surface area contributed by atoms with Crippen molar-refractivity contribution in [2.24, 2.45) is 46.3 Å². The number of aliphatic hydroxyl groups is 1. The van der Waals surface area contributed by atoms with Crippen molar-refractivity contribution >= 4 is 0 Å². The molecule has 182 valence electrons. The van der Waals surface area contributed by atoms with Gasteiger partial charge in [0, 0.05) is 11.8 Å². The van der Waals surface area contributed by atoms with Gasteiger partial charge in [0.25, 0.3) is 0 Å². The van der Waals surface area contributed by atoms with E-state index >= 15 is 0 Å². The van der Waals surface area contributed by atoms with Crippen LogP contribution in [0.15, 0.2) is 24.3 Å². The molecule has 0 spiro atoms. The zero-order valence-electron chi connectivity index (χ0n) is 21.3. The van der Waals surface area contributed by atoms with Gasteiger partial charge in [-0.1, -0.05) is 52.0 Å². The van der Waals surface area contributed by atoms with Gasteiger partial charge in [-0.05, 0) is 106 Å². The van der Waals surface area contributed by atoms with Gasteiger partial charge in [-0.15, -0.1) is 0 Å². The minimum Gasteiger partial charge on any atom is -0.393 e. The van der Waals surface area contributed by atoms with E-state index in [0.29, 0.717) is 29.6 Å². The summed E-state index contributed by atoms with van der Waals surface area (Å²) in [7, 11) is 0. The Labute approximate surface area is 196 Å². The molecule has 0 aromatic heterocycles. The summed E-state index contributed by atoms with van der Waals surface area (Å²) < 4.78 is 0. The molecule has 0 saturated heterocycles. The molecule has 3 fully saturated rings. The Balaban J connectivity index is 1.54. The normalized spacial score (nSPS) is 47.3. The third-order valence-corrected chi connectivity index (χ3v) is 11.3. The van der Waals surface area contributed by atoms with Crippen LogP contribution in [0.2, 0.25) is 0 Å². The number of fused-ring (bicyclic) bond motifs is 5. The summed E-state index contributed by atoms with van der Waals surface area (Å²) in [5.74, 6) is 4.09. The lowest BCUT2D eigenvalue weighted by molar-refractivity contribution is -0.361. The predicted octanol–water partition coefficient (Wildman–Crippen LogP) is 7.41. The Kier molecular flexibility index (Phi) is 6.78. The van der Waals surface area contributed by atoms with Crippen LogP contribution in [-0.2, 0) is 4.89 Å². The van der Waals surface area contributed by atoms with Crippen molar-refractivity contribution in [2.45, 2.75) is 111 Å². The first kappa shape index (κ1) is 24.5. The molecule has 3 saturated carbocycles. The van der Waals surface area contributed by atoms with Crippen LogP contribution in [0.5, 0.6) is 0 Å². The molecular weight excluding hydrogens is 396 g/mol. The quantitative estimate of drug-likeness (QED) is 0.244. The molecule has 0 aromatic carbocycles. The Morgan fingerprint density at radius 3 is 2.53 bits per heavy atom. The maximum atomic E-state index is 10.4. The summed E-state index contributed by atoms with van der Waals surface area (Å²) in [6, 6.07) is 0. The largest absolute Gasteiger partial charge is 0.393 e. The van der Waals surface area contributed by atoms with Gasteiger partial charge in [0.15, 0.2) is 0 Å². The molecule has 0 amide bonds. The van der Waals surface area contributed by atoms with E-state index in [2.05, 4.69) is 53.3 Å². The Hall–Kier alpha value is -0.640. The summed E-state index contributed by atoms with van der Waals surface area (Å²) in [6.45, 7) is 16.2. The number of allylic oxidation sites excluding steroid dienone is 2. The van der Waals surface area contributed by atoms with Gasteiger partial charge in [0.2, 0.25) is 0 Å². The highest BCUT2D eigenvalue weighted by molar-refractivity contribution is 5.25. The standard InChI is InChI=1S/C29H48O3/c1-7-21(19(2)3)9-8-20(4)24-10-11-25-23-13-17-29(32-31)18-22(30)12-16-28(29,6)26(23)14-15-27(24,25)5/h13,17,20-26,30-31H,2,7-12,14-16,18H2,1,3-6H3/t20-,21+,22+,23+,24-,25+,26+,27-,28-,29-/m1/s1. The molecule has 0 unspecified atom stereocenters. The van der Waals surface area contributed by atoms with Crippen molar-refractivity contribution in [2.75, 3.05) is 0 Å². The van der Waals surface area contributed by atoms with E-state index < -0.39 is 5.60 Å².